The fourth-order valence-corrected chi connectivity index (χ4v) is 1.06. The molecule has 0 bridgehead atoms. The van der Waals surface area contributed by atoms with Crippen LogP contribution in [0.2, 0.25) is 0 Å². The zero-order valence-electron chi connectivity index (χ0n) is 5.81. The second kappa shape index (κ2) is 5.27. The van der Waals surface area contributed by atoms with Crippen molar-refractivity contribution in [3.8, 4) is 0 Å². The molecule has 1 atom stereocenters. The Morgan fingerprint density at radius 1 is 1.50 bits per heavy atom. The summed E-state index contributed by atoms with van der Waals surface area (Å²) in [5, 5.41) is 0. The third-order valence-corrected chi connectivity index (χ3v) is 1.81. The summed E-state index contributed by atoms with van der Waals surface area (Å²) in [6.07, 6.45) is 5.48. The van der Waals surface area contributed by atoms with E-state index >= 15 is 0 Å². The van der Waals surface area contributed by atoms with Gasteiger partial charge in [0, 0.05) is 0 Å². The molecule has 1 nitrogen and oxygen atoms in total. The Labute approximate surface area is 53.6 Å². The lowest BCUT2D eigenvalue weighted by Gasteiger charge is -2.04. The van der Waals surface area contributed by atoms with E-state index in [1.54, 1.807) is 0 Å². The highest BCUT2D eigenvalue weighted by atomic mass is 31.1. The first-order valence-electron chi connectivity index (χ1n) is 2.79. The lowest BCUT2D eigenvalue weighted by atomic mass is 10.6. The molecule has 0 rings (SSSR count). The topological polar surface area (TPSA) is 3.24 Å². The molecule has 1 unspecified atom stereocenters. The number of allylic oxidation sites excluding steroid dienone is 2. The first-order chi connectivity index (χ1) is 3.77. The maximum atomic E-state index is 2.21. The second-order valence-corrected chi connectivity index (χ2v) is 3.44. The third-order valence-electron chi connectivity index (χ3n) is 0.761. The minimum Gasteiger partial charge on any atom is -0.290 e. The highest BCUT2D eigenvalue weighted by molar-refractivity contribution is 7.35. The SMILES string of the molecule is CC=CCPN(C)C. The molecule has 0 aliphatic rings. The molecule has 0 radical (unpaired) electrons. The molecule has 0 amide bonds. The van der Waals surface area contributed by atoms with Crippen LogP contribution in [0, 0.1) is 0 Å². The van der Waals surface area contributed by atoms with Gasteiger partial charge in [-0.05, 0) is 35.9 Å². The van der Waals surface area contributed by atoms with E-state index in [0.29, 0.717) is 0 Å². The maximum absolute atomic E-state index is 2.21. The quantitative estimate of drug-likeness (QED) is 0.416. The molecule has 0 aliphatic heterocycles. The summed E-state index contributed by atoms with van der Waals surface area (Å²) in [4.78, 5) is 0. The summed E-state index contributed by atoms with van der Waals surface area (Å²) < 4.78 is 2.21. The van der Waals surface area contributed by atoms with Crippen molar-refractivity contribution >= 4 is 8.73 Å². The van der Waals surface area contributed by atoms with Crippen LogP contribution >= 0.6 is 8.73 Å². The second-order valence-electron chi connectivity index (χ2n) is 1.83. The smallest absolute Gasteiger partial charge is 0.00399 e. The first kappa shape index (κ1) is 8.13. The van der Waals surface area contributed by atoms with Gasteiger partial charge in [-0.15, -0.1) is 0 Å². The predicted molar refractivity (Wildman–Crippen MR) is 41.7 cm³/mol. The van der Waals surface area contributed by atoms with Gasteiger partial charge in [0.05, 0.1) is 0 Å². The van der Waals surface area contributed by atoms with Crippen molar-refractivity contribution in [2.45, 2.75) is 6.92 Å². The Hall–Kier alpha value is 0.130. The van der Waals surface area contributed by atoms with Gasteiger partial charge in [-0.25, -0.2) is 0 Å². The molecule has 0 aromatic carbocycles. The number of hydrogen-bond donors (Lipinski definition) is 0. The van der Waals surface area contributed by atoms with Crippen molar-refractivity contribution in [2.24, 2.45) is 0 Å². The highest BCUT2D eigenvalue weighted by Gasteiger charge is 1.81. The molecular weight excluding hydrogens is 117 g/mol. The summed E-state index contributed by atoms with van der Waals surface area (Å²) >= 11 is 0. The van der Waals surface area contributed by atoms with Gasteiger partial charge < -0.3 is 0 Å². The van der Waals surface area contributed by atoms with E-state index in [1.807, 2.05) is 0 Å². The van der Waals surface area contributed by atoms with Crippen LogP contribution in [0.1, 0.15) is 6.92 Å². The molecule has 8 heavy (non-hydrogen) atoms. The van der Waals surface area contributed by atoms with Crippen LogP contribution in [-0.4, -0.2) is 24.9 Å². The van der Waals surface area contributed by atoms with Crippen LogP contribution < -0.4 is 0 Å². The Morgan fingerprint density at radius 3 is 2.50 bits per heavy atom. The molecule has 0 aromatic heterocycles. The first-order valence-corrected chi connectivity index (χ1v) is 3.94. The maximum Gasteiger partial charge on any atom is -0.00399 e. The van der Waals surface area contributed by atoms with E-state index in [2.05, 4.69) is 37.8 Å². The van der Waals surface area contributed by atoms with Crippen molar-refractivity contribution in [3.63, 3.8) is 0 Å². The van der Waals surface area contributed by atoms with Crippen LogP contribution in [0.4, 0.5) is 0 Å². The van der Waals surface area contributed by atoms with E-state index in [-0.39, 0.29) is 0 Å². The largest absolute Gasteiger partial charge is 0.290 e. The van der Waals surface area contributed by atoms with Crippen molar-refractivity contribution in [2.75, 3.05) is 20.3 Å². The Morgan fingerprint density at radius 2 is 2.12 bits per heavy atom. The molecule has 0 saturated carbocycles. The standard InChI is InChI=1S/C6H14NP/c1-4-5-6-8-7(2)3/h4-5,8H,6H2,1-3H3. The summed E-state index contributed by atoms with van der Waals surface area (Å²) in [7, 11) is 5.14. The van der Waals surface area contributed by atoms with Gasteiger partial charge in [-0.2, -0.15) is 0 Å². The van der Waals surface area contributed by atoms with Gasteiger partial charge in [-0.1, -0.05) is 12.2 Å². The lowest BCUT2D eigenvalue weighted by Crippen LogP contribution is -1.96. The fourth-order valence-electron chi connectivity index (χ4n) is 0.353. The zero-order chi connectivity index (χ0) is 6.41. The van der Waals surface area contributed by atoms with Crippen molar-refractivity contribution in [1.82, 2.24) is 4.67 Å². The van der Waals surface area contributed by atoms with E-state index in [1.165, 1.54) is 6.16 Å². The molecule has 2 heteroatoms. The minimum absolute atomic E-state index is 0.942. The summed E-state index contributed by atoms with van der Waals surface area (Å²) in [5.74, 6) is 0. The molecule has 0 N–H and O–H groups in total. The van der Waals surface area contributed by atoms with Gasteiger partial charge in [0.15, 0.2) is 0 Å². The van der Waals surface area contributed by atoms with Crippen molar-refractivity contribution < 1.29 is 0 Å². The fraction of sp³-hybridized carbons (Fsp3) is 0.667. The minimum atomic E-state index is 0.942. The molecule has 0 heterocycles. The van der Waals surface area contributed by atoms with Gasteiger partial charge in [0.2, 0.25) is 0 Å². The van der Waals surface area contributed by atoms with Crippen LogP contribution in [0.3, 0.4) is 0 Å². The molecular formula is C6H14NP. The number of rotatable bonds is 3. The lowest BCUT2D eigenvalue weighted by molar-refractivity contribution is 0.692. The molecule has 0 aromatic rings. The van der Waals surface area contributed by atoms with Crippen molar-refractivity contribution in [3.05, 3.63) is 12.2 Å². The monoisotopic (exact) mass is 131 g/mol. The predicted octanol–water partition coefficient (Wildman–Crippen LogP) is 1.72. The summed E-state index contributed by atoms with van der Waals surface area (Å²) in [6.45, 7) is 2.06. The summed E-state index contributed by atoms with van der Waals surface area (Å²) in [6, 6.07) is 0. The van der Waals surface area contributed by atoms with Crippen LogP contribution in [0.5, 0.6) is 0 Å². The molecule has 0 aliphatic carbocycles. The van der Waals surface area contributed by atoms with Gasteiger partial charge >= 0.3 is 0 Å². The van der Waals surface area contributed by atoms with E-state index < -0.39 is 0 Å². The normalized spacial score (nSPS) is 13.0. The molecule has 0 saturated heterocycles. The Balaban J connectivity index is 2.93. The van der Waals surface area contributed by atoms with E-state index in [0.717, 1.165) is 8.73 Å². The third kappa shape index (κ3) is 6.13. The molecule has 0 spiro atoms. The van der Waals surface area contributed by atoms with Crippen LogP contribution in [0.15, 0.2) is 12.2 Å². The van der Waals surface area contributed by atoms with Crippen LogP contribution in [-0.2, 0) is 0 Å². The molecule has 0 fully saturated rings. The Bertz CT molecular complexity index is 68.9. The number of hydrogen-bond acceptors (Lipinski definition) is 1. The van der Waals surface area contributed by atoms with Crippen LogP contribution in [0.25, 0.3) is 0 Å². The van der Waals surface area contributed by atoms with Gasteiger partial charge in [-0.3, -0.25) is 4.67 Å². The average Bonchev–Trinajstić information content (AvgIpc) is 1.66. The highest BCUT2D eigenvalue weighted by Crippen LogP contribution is 2.10. The summed E-state index contributed by atoms with van der Waals surface area (Å²) in [5.41, 5.74) is 0. The Kier molecular flexibility index (Phi) is 5.36. The van der Waals surface area contributed by atoms with Crippen molar-refractivity contribution in [1.29, 1.82) is 0 Å². The zero-order valence-corrected chi connectivity index (χ0v) is 6.81. The average molecular weight is 131 g/mol. The van der Waals surface area contributed by atoms with Gasteiger partial charge in [0.25, 0.3) is 0 Å². The number of nitrogens with zero attached hydrogens (tertiary/aromatic N) is 1. The van der Waals surface area contributed by atoms with E-state index in [4.69, 9.17) is 0 Å². The van der Waals surface area contributed by atoms with E-state index in [9.17, 15) is 0 Å². The van der Waals surface area contributed by atoms with Gasteiger partial charge in [0.1, 0.15) is 0 Å². The molecule has 48 valence electrons.